The molecule has 0 aromatic heterocycles. The first-order valence-electron chi connectivity index (χ1n) is 8.78. The number of hydrogen-bond donors (Lipinski definition) is 1. The third-order valence-electron chi connectivity index (χ3n) is 5.38. The lowest BCUT2D eigenvalue weighted by Gasteiger charge is -2.39. The summed E-state index contributed by atoms with van der Waals surface area (Å²) < 4.78 is 4.85. The van der Waals surface area contributed by atoms with Gasteiger partial charge in [0.15, 0.2) is 0 Å². The van der Waals surface area contributed by atoms with E-state index in [2.05, 4.69) is 10.2 Å². The van der Waals surface area contributed by atoms with Crippen molar-refractivity contribution in [2.75, 3.05) is 26.7 Å². The summed E-state index contributed by atoms with van der Waals surface area (Å²) in [5, 5.41) is 3.87. The molecule has 0 bridgehead atoms. The van der Waals surface area contributed by atoms with Crippen molar-refractivity contribution in [3.63, 3.8) is 0 Å². The Morgan fingerprint density at radius 3 is 2.52 bits per heavy atom. The lowest BCUT2D eigenvalue weighted by atomic mass is 9.89. The van der Waals surface area contributed by atoms with Crippen LogP contribution in [0.3, 0.4) is 0 Å². The Bertz CT molecular complexity index is 351. The van der Waals surface area contributed by atoms with Crippen molar-refractivity contribution >= 4 is 5.97 Å². The van der Waals surface area contributed by atoms with E-state index in [4.69, 9.17) is 4.74 Å². The molecule has 120 valence electrons. The number of hydrogen-bond acceptors (Lipinski definition) is 4. The maximum atomic E-state index is 11.6. The fourth-order valence-electron chi connectivity index (χ4n) is 4.22. The van der Waals surface area contributed by atoms with Crippen molar-refractivity contribution in [1.82, 2.24) is 10.2 Å². The molecule has 2 saturated carbocycles. The summed E-state index contributed by atoms with van der Waals surface area (Å²) in [6.45, 7) is 2.54. The molecule has 3 fully saturated rings. The Morgan fingerprint density at radius 1 is 1.10 bits per heavy atom. The predicted octanol–water partition coefficient (Wildman–Crippen LogP) is 2.18. The zero-order valence-corrected chi connectivity index (χ0v) is 13.4. The van der Waals surface area contributed by atoms with E-state index in [-0.39, 0.29) is 5.97 Å². The Kier molecular flexibility index (Phi) is 5.17. The average Bonchev–Trinajstić information content (AvgIpc) is 3.12. The summed E-state index contributed by atoms with van der Waals surface area (Å²) in [7, 11) is 1.49. The molecule has 2 unspecified atom stereocenters. The molecule has 21 heavy (non-hydrogen) atoms. The molecule has 4 heteroatoms. The summed E-state index contributed by atoms with van der Waals surface area (Å²) in [6, 6.07) is 1.28. The number of ether oxygens (including phenoxy) is 1. The van der Waals surface area contributed by atoms with Crippen LogP contribution < -0.4 is 5.32 Å². The number of esters is 1. The van der Waals surface area contributed by atoms with Crippen LogP contribution in [0.1, 0.15) is 51.4 Å². The minimum atomic E-state index is -0.0957. The van der Waals surface area contributed by atoms with Gasteiger partial charge in [0.25, 0.3) is 0 Å². The monoisotopic (exact) mass is 294 g/mol. The fourth-order valence-corrected chi connectivity index (χ4v) is 4.22. The van der Waals surface area contributed by atoms with Gasteiger partial charge in [-0.05, 0) is 37.5 Å². The second-order valence-electron chi connectivity index (χ2n) is 7.40. The van der Waals surface area contributed by atoms with Crippen molar-refractivity contribution in [3.8, 4) is 0 Å². The van der Waals surface area contributed by atoms with Crippen LogP contribution >= 0.6 is 0 Å². The molecule has 0 spiro atoms. The Labute approximate surface area is 128 Å². The quantitative estimate of drug-likeness (QED) is 0.763. The second kappa shape index (κ2) is 7.10. The summed E-state index contributed by atoms with van der Waals surface area (Å²) in [5.74, 6) is 1.64. The highest BCUT2D eigenvalue weighted by molar-refractivity contribution is 5.71. The number of nitrogens with one attached hydrogen (secondary N) is 1. The maximum absolute atomic E-state index is 11.6. The molecule has 3 aliphatic rings. The smallest absolute Gasteiger partial charge is 0.319 e. The van der Waals surface area contributed by atoms with E-state index in [9.17, 15) is 4.79 Å². The molecular weight excluding hydrogens is 264 g/mol. The first-order chi connectivity index (χ1) is 10.2. The highest BCUT2D eigenvalue weighted by Crippen LogP contribution is 2.38. The van der Waals surface area contributed by atoms with Gasteiger partial charge >= 0.3 is 5.97 Å². The lowest BCUT2D eigenvalue weighted by Crippen LogP contribution is -2.52. The summed E-state index contributed by atoms with van der Waals surface area (Å²) in [4.78, 5) is 13.9. The minimum absolute atomic E-state index is 0.0957. The number of piperidine rings is 1. The Morgan fingerprint density at radius 2 is 1.86 bits per heavy atom. The summed E-state index contributed by atoms with van der Waals surface area (Å²) in [5.41, 5.74) is 0. The average molecular weight is 294 g/mol. The number of nitrogens with zero attached hydrogens (tertiary/aromatic N) is 1. The van der Waals surface area contributed by atoms with Gasteiger partial charge in [0.1, 0.15) is 0 Å². The third kappa shape index (κ3) is 4.68. The number of likely N-dealkylation sites (tertiary alicyclic amines) is 1. The normalized spacial score (nSPS) is 31.5. The number of methoxy groups -OCH3 is 1. The molecule has 2 atom stereocenters. The molecule has 4 nitrogen and oxygen atoms in total. The predicted molar refractivity (Wildman–Crippen MR) is 83.1 cm³/mol. The van der Waals surface area contributed by atoms with Crippen LogP contribution in [-0.2, 0) is 9.53 Å². The summed E-state index contributed by atoms with van der Waals surface area (Å²) in [6.07, 6.45) is 10.9. The Hall–Kier alpha value is -0.610. The van der Waals surface area contributed by atoms with Gasteiger partial charge in [0.2, 0.25) is 0 Å². The van der Waals surface area contributed by atoms with Gasteiger partial charge in [-0.25, -0.2) is 0 Å². The van der Waals surface area contributed by atoms with E-state index in [1.54, 1.807) is 0 Å². The second-order valence-corrected chi connectivity index (χ2v) is 7.40. The SMILES string of the molecule is COC(=O)CN1CC(CC2CC2)CC(NC2CCCC2)C1. The zero-order chi connectivity index (χ0) is 14.7. The topological polar surface area (TPSA) is 41.6 Å². The van der Waals surface area contributed by atoms with E-state index >= 15 is 0 Å². The molecule has 1 aliphatic heterocycles. The van der Waals surface area contributed by atoms with E-state index in [1.165, 1.54) is 58.5 Å². The van der Waals surface area contributed by atoms with E-state index < -0.39 is 0 Å². The van der Waals surface area contributed by atoms with Crippen molar-refractivity contribution in [2.24, 2.45) is 11.8 Å². The van der Waals surface area contributed by atoms with E-state index in [0.29, 0.717) is 12.6 Å². The van der Waals surface area contributed by atoms with E-state index in [1.807, 2.05) is 0 Å². The third-order valence-corrected chi connectivity index (χ3v) is 5.38. The molecule has 1 saturated heterocycles. The van der Waals surface area contributed by atoms with Crippen LogP contribution in [0, 0.1) is 11.8 Å². The van der Waals surface area contributed by atoms with Gasteiger partial charge in [-0.3, -0.25) is 9.69 Å². The van der Waals surface area contributed by atoms with Gasteiger partial charge in [0, 0.05) is 25.2 Å². The molecule has 1 heterocycles. The van der Waals surface area contributed by atoms with Crippen molar-refractivity contribution in [2.45, 2.75) is 63.5 Å². The highest BCUT2D eigenvalue weighted by Gasteiger charge is 2.33. The fraction of sp³-hybridized carbons (Fsp3) is 0.941. The van der Waals surface area contributed by atoms with Crippen LogP contribution in [0.2, 0.25) is 0 Å². The zero-order valence-electron chi connectivity index (χ0n) is 13.4. The van der Waals surface area contributed by atoms with Crippen LogP contribution in [0.15, 0.2) is 0 Å². The van der Waals surface area contributed by atoms with Crippen LogP contribution in [-0.4, -0.2) is 49.7 Å². The number of rotatable bonds is 6. The van der Waals surface area contributed by atoms with Gasteiger partial charge in [-0.1, -0.05) is 25.7 Å². The van der Waals surface area contributed by atoms with Crippen molar-refractivity contribution < 1.29 is 9.53 Å². The highest BCUT2D eigenvalue weighted by atomic mass is 16.5. The minimum Gasteiger partial charge on any atom is -0.468 e. The molecule has 0 radical (unpaired) electrons. The van der Waals surface area contributed by atoms with Crippen molar-refractivity contribution in [1.29, 1.82) is 0 Å². The van der Waals surface area contributed by atoms with Gasteiger partial charge in [-0.2, -0.15) is 0 Å². The van der Waals surface area contributed by atoms with Crippen LogP contribution in [0.5, 0.6) is 0 Å². The molecule has 2 aliphatic carbocycles. The van der Waals surface area contributed by atoms with Crippen LogP contribution in [0.25, 0.3) is 0 Å². The van der Waals surface area contributed by atoms with Gasteiger partial charge in [0.05, 0.1) is 13.7 Å². The molecule has 0 amide bonds. The van der Waals surface area contributed by atoms with Gasteiger partial charge < -0.3 is 10.1 Å². The largest absolute Gasteiger partial charge is 0.468 e. The first-order valence-corrected chi connectivity index (χ1v) is 8.78. The van der Waals surface area contributed by atoms with Crippen molar-refractivity contribution in [3.05, 3.63) is 0 Å². The number of carbonyl (C=O) groups is 1. The van der Waals surface area contributed by atoms with Crippen LogP contribution in [0.4, 0.5) is 0 Å². The molecule has 0 aromatic carbocycles. The summed E-state index contributed by atoms with van der Waals surface area (Å²) >= 11 is 0. The standard InChI is InChI=1S/C17H30N2O2/c1-21-17(20)12-19-10-14(8-13-6-7-13)9-16(11-19)18-15-4-2-3-5-15/h13-16,18H,2-12H2,1H3. The lowest BCUT2D eigenvalue weighted by molar-refractivity contribution is -0.142. The van der Waals surface area contributed by atoms with E-state index in [0.717, 1.165) is 31.0 Å². The first kappa shape index (κ1) is 15.3. The molecular formula is C17H30N2O2. The van der Waals surface area contributed by atoms with Gasteiger partial charge in [-0.15, -0.1) is 0 Å². The molecule has 3 rings (SSSR count). The Balaban J connectivity index is 1.54. The molecule has 1 N–H and O–H groups in total. The maximum Gasteiger partial charge on any atom is 0.319 e. The number of carbonyl (C=O) groups excluding carboxylic acids is 1. The molecule has 0 aromatic rings.